The summed E-state index contributed by atoms with van der Waals surface area (Å²) in [5.74, 6) is 0.144. The Labute approximate surface area is 121 Å². The summed E-state index contributed by atoms with van der Waals surface area (Å²) >= 11 is 0. The molecule has 0 saturated heterocycles. The largest absolute Gasteiger partial charge is 0.495 e. The van der Waals surface area contributed by atoms with E-state index in [4.69, 9.17) is 9.88 Å². The van der Waals surface area contributed by atoms with Crippen LogP contribution in [-0.2, 0) is 20.0 Å². The van der Waals surface area contributed by atoms with Crippen molar-refractivity contribution in [3.63, 3.8) is 0 Å². The molecule has 2 rings (SSSR count). The van der Waals surface area contributed by atoms with Crippen LogP contribution in [-0.4, -0.2) is 33.9 Å². The van der Waals surface area contributed by atoms with Gasteiger partial charge in [0.2, 0.25) is 10.0 Å². The number of nitrogens with one attached hydrogen (secondary N) is 2. The number of methoxy groups -OCH3 is 1. The first kappa shape index (κ1) is 15.3. The van der Waals surface area contributed by atoms with Crippen molar-refractivity contribution in [2.45, 2.75) is 9.92 Å². The molecule has 114 valence electrons. The minimum absolute atomic E-state index is 0.0568. The van der Waals surface area contributed by atoms with Gasteiger partial charge < -0.3 is 9.72 Å². The molecule has 0 fully saturated rings. The van der Waals surface area contributed by atoms with E-state index < -0.39 is 20.0 Å². The van der Waals surface area contributed by atoms with Gasteiger partial charge in [-0.15, -0.1) is 0 Å². The highest BCUT2D eigenvalue weighted by Crippen LogP contribution is 2.28. The Bertz CT molecular complexity index is 844. The van der Waals surface area contributed by atoms with E-state index in [1.165, 1.54) is 25.6 Å². The molecule has 0 unspecified atom stereocenters. The molecule has 0 aliphatic rings. The topological polar surface area (TPSA) is 144 Å². The third-order valence-corrected chi connectivity index (χ3v) is 4.71. The molecule has 4 N–H and O–H groups in total. The predicted molar refractivity (Wildman–Crippen MR) is 73.8 cm³/mol. The number of anilines is 1. The number of aromatic amines is 1. The number of rotatable bonds is 5. The molecular formula is C10H12N4O5S2. The van der Waals surface area contributed by atoms with Crippen molar-refractivity contribution in [3.05, 3.63) is 30.7 Å². The minimum Gasteiger partial charge on any atom is -0.495 e. The highest BCUT2D eigenvalue weighted by Gasteiger charge is 2.19. The van der Waals surface area contributed by atoms with E-state index in [2.05, 4.69) is 14.7 Å². The van der Waals surface area contributed by atoms with Crippen LogP contribution in [0, 0.1) is 0 Å². The van der Waals surface area contributed by atoms with Crippen LogP contribution in [0.2, 0.25) is 0 Å². The fraction of sp³-hybridized carbons (Fsp3) is 0.100. The molecule has 1 aromatic carbocycles. The first-order chi connectivity index (χ1) is 9.74. The van der Waals surface area contributed by atoms with Crippen molar-refractivity contribution in [1.82, 2.24) is 9.97 Å². The third-order valence-electron chi connectivity index (χ3n) is 2.51. The number of hydrogen-bond acceptors (Lipinski definition) is 6. The molecule has 21 heavy (non-hydrogen) atoms. The van der Waals surface area contributed by atoms with E-state index in [0.717, 1.165) is 12.3 Å². The first-order valence-corrected chi connectivity index (χ1v) is 8.49. The van der Waals surface area contributed by atoms with Gasteiger partial charge in [0.1, 0.15) is 5.75 Å². The lowest BCUT2D eigenvalue weighted by atomic mass is 10.3. The zero-order chi connectivity index (χ0) is 15.7. The van der Waals surface area contributed by atoms with E-state index in [9.17, 15) is 16.8 Å². The summed E-state index contributed by atoms with van der Waals surface area (Å²) in [5.41, 5.74) is -0.0568. The number of imidazole rings is 1. The fourth-order valence-electron chi connectivity index (χ4n) is 1.53. The van der Waals surface area contributed by atoms with Gasteiger partial charge in [-0.05, 0) is 18.2 Å². The normalized spacial score (nSPS) is 12.1. The maximum atomic E-state index is 12.1. The number of sulfonamides is 2. The van der Waals surface area contributed by atoms with Gasteiger partial charge in [-0.1, -0.05) is 0 Å². The molecule has 9 nitrogen and oxygen atoms in total. The molecule has 0 bridgehead atoms. The number of primary sulfonamides is 1. The Hall–Kier alpha value is -2.11. The number of nitrogens with two attached hydrogens (primary N) is 1. The summed E-state index contributed by atoms with van der Waals surface area (Å²) in [5, 5.41) is 4.84. The second-order valence-electron chi connectivity index (χ2n) is 3.93. The van der Waals surface area contributed by atoms with Crippen LogP contribution in [0.1, 0.15) is 0 Å². The lowest BCUT2D eigenvalue weighted by Gasteiger charge is -2.12. The SMILES string of the molecule is COc1ccc(S(N)(=O)=O)cc1NS(=O)(=O)c1cnc[nH]1. The van der Waals surface area contributed by atoms with Gasteiger partial charge in [-0.2, -0.15) is 8.42 Å². The molecule has 2 aromatic rings. The summed E-state index contributed by atoms with van der Waals surface area (Å²) in [6, 6.07) is 3.58. The highest BCUT2D eigenvalue weighted by molar-refractivity contribution is 7.92. The Morgan fingerprint density at radius 1 is 1.29 bits per heavy atom. The zero-order valence-electron chi connectivity index (χ0n) is 10.8. The van der Waals surface area contributed by atoms with Crippen molar-refractivity contribution in [3.8, 4) is 5.75 Å². The van der Waals surface area contributed by atoms with Crippen molar-refractivity contribution in [2.24, 2.45) is 5.14 Å². The monoisotopic (exact) mass is 332 g/mol. The molecule has 0 amide bonds. The Morgan fingerprint density at radius 3 is 2.52 bits per heavy atom. The number of ether oxygens (including phenoxy) is 1. The van der Waals surface area contributed by atoms with Crippen LogP contribution >= 0.6 is 0 Å². The molecule has 0 atom stereocenters. The second-order valence-corrected chi connectivity index (χ2v) is 7.14. The number of H-pyrrole nitrogens is 1. The van der Waals surface area contributed by atoms with E-state index in [0.29, 0.717) is 0 Å². The van der Waals surface area contributed by atoms with Gasteiger partial charge in [-0.3, -0.25) is 4.72 Å². The molecule has 1 aromatic heterocycles. The Kier molecular flexibility index (Phi) is 3.89. The number of benzene rings is 1. The fourth-order valence-corrected chi connectivity index (χ4v) is 3.04. The Morgan fingerprint density at radius 2 is 2.00 bits per heavy atom. The van der Waals surface area contributed by atoms with Crippen LogP contribution in [0.3, 0.4) is 0 Å². The molecule has 11 heteroatoms. The average Bonchev–Trinajstić information content (AvgIpc) is 2.91. The van der Waals surface area contributed by atoms with E-state index in [1.54, 1.807) is 0 Å². The summed E-state index contributed by atoms with van der Waals surface area (Å²) in [6.07, 6.45) is 2.31. The molecule has 0 spiro atoms. The summed E-state index contributed by atoms with van der Waals surface area (Å²) in [4.78, 5) is 5.80. The maximum Gasteiger partial charge on any atom is 0.279 e. The van der Waals surface area contributed by atoms with E-state index >= 15 is 0 Å². The summed E-state index contributed by atoms with van der Waals surface area (Å²) < 4.78 is 54.0. The minimum atomic E-state index is -3.97. The Balaban J connectivity index is 2.48. The summed E-state index contributed by atoms with van der Waals surface area (Å²) in [6.45, 7) is 0. The van der Waals surface area contributed by atoms with Crippen LogP contribution in [0.15, 0.2) is 40.6 Å². The predicted octanol–water partition coefficient (Wildman–Crippen LogP) is -0.134. The summed E-state index contributed by atoms with van der Waals surface area (Å²) in [7, 11) is -6.60. The van der Waals surface area contributed by atoms with Crippen molar-refractivity contribution in [2.75, 3.05) is 11.8 Å². The highest BCUT2D eigenvalue weighted by atomic mass is 32.2. The quantitative estimate of drug-likeness (QED) is 0.695. The molecule has 0 aliphatic heterocycles. The van der Waals surface area contributed by atoms with Crippen LogP contribution in [0.4, 0.5) is 5.69 Å². The van der Waals surface area contributed by atoms with E-state index in [-0.39, 0.29) is 21.4 Å². The number of aromatic nitrogens is 2. The number of hydrogen-bond donors (Lipinski definition) is 3. The van der Waals surface area contributed by atoms with Crippen LogP contribution < -0.4 is 14.6 Å². The van der Waals surface area contributed by atoms with E-state index in [1.807, 2.05) is 0 Å². The molecular weight excluding hydrogens is 320 g/mol. The lowest BCUT2D eigenvalue weighted by Crippen LogP contribution is -2.16. The van der Waals surface area contributed by atoms with Gasteiger partial charge in [0, 0.05) is 0 Å². The average molecular weight is 332 g/mol. The van der Waals surface area contributed by atoms with Crippen LogP contribution in [0.25, 0.3) is 0 Å². The lowest BCUT2D eigenvalue weighted by molar-refractivity contribution is 0.416. The van der Waals surface area contributed by atoms with Crippen molar-refractivity contribution in [1.29, 1.82) is 0 Å². The third kappa shape index (κ3) is 3.32. The van der Waals surface area contributed by atoms with Gasteiger partial charge in [0.05, 0.1) is 30.2 Å². The zero-order valence-corrected chi connectivity index (χ0v) is 12.4. The second kappa shape index (κ2) is 5.35. The molecule has 0 radical (unpaired) electrons. The molecule has 0 aliphatic carbocycles. The molecule has 0 saturated carbocycles. The van der Waals surface area contributed by atoms with Crippen molar-refractivity contribution >= 4 is 25.7 Å². The smallest absolute Gasteiger partial charge is 0.279 e. The van der Waals surface area contributed by atoms with Crippen LogP contribution in [0.5, 0.6) is 5.75 Å². The van der Waals surface area contributed by atoms with Gasteiger partial charge in [0.25, 0.3) is 10.0 Å². The van der Waals surface area contributed by atoms with Gasteiger partial charge >= 0.3 is 0 Å². The van der Waals surface area contributed by atoms with Crippen molar-refractivity contribution < 1.29 is 21.6 Å². The molecule has 1 heterocycles. The maximum absolute atomic E-state index is 12.1. The van der Waals surface area contributed by atoms with Gasteiger partial charge in [0.15, 0.2) is 5.03 Å². The first-order valence-electron chi connectivity index (χ1n) is 5.46. The number of nitrogens with zero attached hydrogens (tertiary/aromatic N) is 1. The van der Waals surface area contributed by atoms with Gasteiger partial charge in [-0.25, -0.2) is 18.5 Å². The standard InChI is InChI=1S/C10H12N4O5S2/c1-19-9-3-2-7(20(11,15)16)4-8(9)14-21(17,18)10-5-12-6-13-10/h2-6,14H,1H3,(H,12,13)(H2,11,15,16).